The van der Waals surface area contributed by atoms with Crippen LogP contribution in [0.3, 0.4) is 0 Å². The van der Waals surface area contributed by atoms with Crippen molar-refractivity contribution in [3.8, 4) is 6.07 Å². The lowest BCUT2D eigenvalue weighted by atomic mass is 9.98. The molecule has 100 valence electrons. The summed E-state index contributed by atoms with van der Waals surface area (Å²) in [5.41, 5.74) is 0.996. The van der Waals surface area contributed by atoms with Gasteiger partial charge >= 0.3 is 0 Å². The first kappa shape index (κ1) is 13.8. The van der Waals surface area contributed by atoms with Gasteiger partial charge in [0, 0.05) is 5.25 Å². The molecule has 7 heteroatoms. The molecule has 2 aromatic heterocycles. The lowest BCUT2D eigenvalue weighted by Gasteiger charge is -2.24. The van der Waals surface area contributed by atoms with E-state index in [9.17, 15) is 5.26 Å². The molecule has 0 fully saturated rings. The lowest BCUT2D eigenvalue weighted by molar-refractivity contribution is 0.455. The van der Waals surface area contributed by atoms with E-state index in [-0.39, 0.29) is 5.25 Å². The van der Waals surface area contributed by atoms with Crippen LogP contribution in [0.2, 0.25) is 0 Å². The molecule has 0 aromatic carbocycles. The van der Waals surface area contributed by atoms with Crippen LogP contribution in [0.25, 0.3) is 11.2 Å². The number of fused-ring (bicyclic) bond motifs is 1. The van der Waals surface area contributed by atoms with Crippen molar-refractivity contribution >= 4 is 22.9 Å². The van der Waals surface area contributed by atoms with Gasteiger partial charge in [0.25, 0.3) is 0 Å². The maximum atomic E-state index is 9.18. The second-order valence-corrected chi connectivity index (χ2v) is 6.03. The van der Waals surface area contributed by atoms with Crippen molar-refractivity contribution in [1.82, 2.24) is 25.3 Å². The summed E-state index contributed by atoms with van der Waals surface area (Å²) in [5.74, 6) is 0. The molecule has 0 saturated carbocycles. The van der Waals surface area contributed by atoms with Crippen LogP contribution >= 0.6 is 11.8 Å². The van der Waals surface area contributed by atoms with Crippen LogP contribution in [0, 0.1) is 11.3 Å². The van der Waals surface area contributed by atoms with Crippen molar-refractivity contribution < 1.29 is 0 Å². The maximum Gasteiger partial charge on any atom is 0.181 e. The molecule has 19 heavy (non-hydrogen) atoms. The molecule has 2 heterocycles. The molecule has 0 aliphatic heterocycles. The highest BCUT2D eigenvalue weighted by Crippen LogP contribution is 2.30. The molecule has 2 atom stereocenters. The van der Waals surface area contributed by atoms with E-state index in [1.165, 1.54) is 6.33 Å². The number of imidazole rings is 1. The first-order valence-electron chi connectivity index (χ1n) is 5.99. The molecule has 0 aliphatic carbocycles. The van der Waals surface area contributed by atoms with Gasteiger partial charge in [0.05, 0.1) is 12.4 Å². The number of hydrogen-bond acceptors (Lipinski definition) is 6. The first-order valence-corrected chi connectivity index (χ1v) is 6.87. The Morgan fingerprint density at radius 2 is 2.32 bits per heavy atom. The molecular formula is C12H16N6S. The molecule has 0 saturated heterocycles. The van der Waals surface area contributed by atoms with Crippen LogP contribution in [0.1, 0.15) is 20.3 Å². The van der Waals surface area contributed by atoms with Crippen LogP contribution in [0.5, 0.6) is 0 Å². The zero-order valence-corrected chi connectivity index (χ0v) is 12.0. The summed E-state index contributed by atoms with van der Waals surface area (Å²) in [4.78, 5) is 15.5. The van der Waals surface area contributed by atoms with Gasteiger partial charge in [0.15, 0.2) is 5.65 Å². The summed E-state index contributed by atoms with van der Waals surface area (Å²) in [6, 6.07) is 2.30. The maximum absolute atomic E-state index is 9.18. The van der Waals surface area contributed by atoms with Crippen molar-refractivity contribution in [2.24, 2.45) is 0 Å². The zero-order chi connectivity index (χ0) is 13.9. The predicted molar refractivity (Wildman–Crippen MR) is 74.7 cm³/mol. The summed E-state index contributed by atoms with van der Waals surface area (Å²) >= 11 is 1.62. The Morgan fingerprint density at radius 1 is 1.53 bits per heavy atom. The molecule has 0 radical (unpaired) electrons. The monoisotopic (exact) mass is 276 g/mol. The van der Waals surface area contributed by atoms with Crippen LogP contribution in [-0.2, 0) is 0 Å². The number of nitrogens with zero attached hydrogens (tertiary/aromatic N) is 4. The molecular weight excluding hydrogens is 260 g/mol. The van der Waals surface area contributed by atoms with E-state index in [0.29, 0.717) is 5.65 Å². The number of nitriles is 1. The van der Waals surface area contributed by atoms with Crippen LogP contribution in [-0.4, -0.2) is 37.8 Å². The Labute approximate surface area is 116 Å². The smallest absolute Gasteiger partial charge is 0.181 e. The molecule has 2 aromatic rings. The third-order valence-corrected chi connectivity index (χ3v) is 4.10. The molecule has 2 N–H and O–H groups in total. The molecule has 6 nitrogen and oxygen atoms in total. The van der Waals surface area contributed by atoms with Crippen molar-refractivity contribution in [3.63, 3.8) is 0 Å². The van der Waals surface area contributed by atoms with Gasteiger partial charge in [0.2, 0.25) is 0 Å². The van der Waals surface area contributed by atoms with Gasteiger partial charge in [-0.25, -0.2) is 15.0 Å². The highest BCUT2D eigenvalue weighted by Gasteiger charge is 2.25. The normalized spacial score (nSPS) is 15.9. The fourth-order valence-corrected chi connectivity index (χ4v) is 3.02. The van der Waals surface area contributed by atoms with E-state index >= 15 is 0 Å². The molecule has 2 unspecified atom stereocenters. The highest BCUT2D eigenvalue weighted by molar-refractivity contribution is 8.00. The zero-order valence-electron chi connectivity index (χ0n) is 11.1. The Bertz CT molecular complexity index is 604. The van der Waals surface area contributed by atoms with Crippen LogP contribution in [0.15, 0.2) is 17.7 Å². The lowest BCUT2D eigenvalue weighted by Crippen LogP contribution is -2.40. The minimum Gasteiger partial charge on any atom is -0.341 e. The summed E-state index contributed by atoms with van der Waals surface area (Å²) in [6.07, 6.45) is 3.85. The molecule has 0 amide bonds. The standard InChI is InChI=1S/C12H16N6S/c1-8(4-12(2,5-13)14-3)19-11-9-10(16-6-15-9)17-7-18-11/h6-8,14H,4H2,1-3H3,(H,15,16,17,18). The third kappa shape index (κ3) is 3.03. The molecule has 0 aliphatic rings. The van der Waals surface area contributed by atoms with E-state index in [0.717, 1.165) is 17.0 Å². The van der Waals surface area contributed by atoms with Gasteiger partial charge < -0.3 is 10.3 Å². The van der Waals surface area contributed by atoms with E-state index in [4.69, 9.17) is 0 Å². The summed E-state index contributed by atoms with van der Waals surface area (Å²) in [6.45, 7) is 3.98. The predicted octanol–water partition coefficient (Wildman–Crippen LogP) is 1.73. The number of hydrogen-bond donors (Lipinski definition) is 2. The van der Waals surface area contributed by atoms with Crippen LogP contribution < -0.4 is 5.32 Å². The minimum atomic E-state index is -0.521. The van der Waals surface area contributed by atoms with Gasteiger partial charge in [-0.1, -0.05) is 6.92 Å². The average molecular weight is 276 g/mol. The Morgan fingerprint density at radius 3 is 3.00 bits per heavy atom. The summed E-state index contributed by atoms with van der Waals surface area (Å²) in [7, 11) is 1.80. The number of nitrogens with one attached hydrogen (secondary N) is 2. The average Bonchev–Trinajstić information content (AvgIpc) is 2.88. The van der Waals surface area contributed by atoms with Gasteiger partial charge in [-0.05, 0) is 20.4 Å². The number of thioether (sulfide) groups is 1. The second kappa shape index (κ2) is 5.55. The van der Waals surface area contributed by atoms with E-state index in [2.05, 4.69) is 38.2 Å². The van der Waals surface area contributed by atoms with Gasteiger partial charge in [0.1, 0.15) is 22.4 Å². The van der Waals surface area contributed by atoms with E-state index in [1.54, 1.807) is 25.1 Å². The van der Waals surface area contributed by atoms with Gasteiger partial charge in [-0.3, -0.25) is 0 Å². The quantitative estimate of drug-likeness (QED) is 0.638. The largest absolute Gasteiger partial charge is 0.341 e. The minimum absolute atomic E-state index is 0.249. The number of aromatic amines is 1. The Balaban J connectivity index is 2.13. The SMILES string of the molecule is CNC(C)(C#N)CC(C)Sc1ncnc2nc[nH]c12. The first-order chi connectivity index (χ1) is 9.08. The second-order valence-electron chi connectivity index (χ2n) is 4.61. The number of H-pyrrole nitrogens is 1. The fraction of sp³-hybridized carbons (Fsp3) is 0.500. The van der Waals surface area contributed by atoms with Gasteiger partial charge in [-0.2, -0.15) is 5.26 Å². The van der Waals surface area contributed by atoms with E-state index in [1.807, 2.05) is 6.92 Å². The van der Waals surface area contributed by atoms with Crippen molar-refractivity contribution in [1.29, 1.82) is 5.26 Å². The third-order valence-electron chi connectivity index (χ3n) is 3.00. The molecule has 2 rings (SSSR count). The van der Waals surface area contributed by atoms with E-state index < -0.39 is 5.54 Å². The highest BCUT2D eigenvalue weighted by atomic mass is 32.2. The number of aromatic nitrogens is 4. The molecule has 0 spiro atoms. The van der Waals surface area contributed by atoms with Crippen molar-refractivity contribution in [2.75, 3.05) is 7.05 Å². The fourth-order valence-electron chi connectivity index (χ4n) is 1.84. The Kier molecular flexibility index (Phi) is 4.02. The summed E-state index contributed by atoms with van der Waals surface area (Å²) < 4.78 is 0. The van der Waals surface area contributed by atoms with Crippen molar-refractivity contribution in [2.45, 2.75) is 36.1 Å². The molecule has 0 bridgehead atoms. The van der Waals surface area contributed by atoms with Gasteiger partial charge in [-0.15, -0.1) is 11.8 Å². The van der Waals surface area contributed by atoms with Crippen LogP contribution in [0.4, 0.5) is 0 Å². The van der Waals surface area contributed by atoms with Crippen molar-refractivity contribution in [3.05, 3.63) is 12.7 Å². The topological polar surface area (TPSA) is 90.3 Å². The Hall–Kier alpha value is -1.65. The summed E-state index contributed by atoms with van der Waals surface area (Å²) in [5, 5.41) is 13.3. The number of rotatable bonds is 5.